The summed E-state index contributed by atoms with van der Waals surface area (Å²) >= 11 is 5.78. The van der Waals surface area contributed by atoms with Crippen molar-refractivity contribution < 1.29 is 14.6 Å². The zero-order valence-electron chi connectivity index (χ0n) is 10.9. The summed E-state index contributed by atoms with van der Waals surface area (Å²) in [6, 6.07) is 12.8. The van der Waals surface area contributed by atoms with E-state index in [1.54, 1.807) is 0 Å². The molecule has 1 atom stereocenters. The van der Waals surface area contributed by atoms with Crippen LogP contribution >= 0.6 is 11.6 Å². The lowest BCUT2D eigenvalue weighted by Gasteiger charge is -2.15. The number of pyridine rings is 1. The minimum Gasteiger partial charge on any atom is -0.490 e. The van der Waals surface area contributed by atoms with Crippen LogP contribution in [0.25, 0.3) is 0 Å². The van der Waals surface area contributed by atoms with Gasteiger partial charge in [0.2, 0.25) is 0 Å². The van der Waals surface area contributed by atoms with Crippen molar-refractivity contribution in [3.8, 4) is 5.75 Å². The second kappa shape index (κ2) is 6.39. The molecular formula is C15H14ClNO3. The number of carbonyl (C=O) groups is 1. The van der Waals surface area contributed by atoms with E-state index in [1.807, 2.05) is 37.3 Å². The van der Waals surface area contributed by atoms with Crippen LogP contribution in [0.5, 0.6) is 5.75 Å². The lowest BCUT2D eigenvalue weighted by molar-refractivity contribution is 0.0689. The number of carboxylic acid groups (broad SMARTS) is 1. The Balaban J connectivity index is 2.07. The molecule has 4 nitrogen and oxygen atoms in total. The number of carboxylic acids is 1. The van der Waals surface area contributed by atoms with Crippen LogP contribution in [-0.4, -0.2) is 22.2 Å². The molecule has 1 aromatic heterocycles. The molecule has 0 radical (unpaired) electrons. The Kier molecular flexibility index (Phi) is 4.58. The number of hydrogen-bond acceptors (Lipinski definition) is 3. The molecule has 2 aromatic rings. The maximum Gasteiger partial charge on any atom is 0.354 e. The van der Waals surface area contributed by atoms with Crippen molar-refractivity contribution in [2.24, 2.45) is 0 Å². The summed E-state index contributed by atoms with van der Waals surface area (Å²) in [6.07, 6.45) is 0.626. The predicted molar refractivity (Wildman–Crippen MR) is 76.4 cm³/mol. The first-order valence-electron chi connectivity index (χ1n) is 6.16. The summed E-state index contributed by atoms with van der Waals surface area (Å²) in [5.41, 5.74) is 1.03. The Hall–Kier alpha value is -2.07. The monoisotopic (exact) mass is 291 g/mol. The fourth-order valence-electron chi connectivity index (χ4n) is 1.87. The highest BCUT2D eigenvalue weighted by Crippen LogP contribution is 2.20. The summed E-state index contributed by atoms with van der Waals surface area (Å²) in [5, 5.41) is 9.03. The van der Waals surface area contributed by atoms with Crippen LogP contribution in [0.15, 0.2) is 42.5 Å². The van der Waals surface area contributed by atoms with Crippen molar-refractivity contribution in [1.82, 2.24) is 4.98 Å². The van der Waals surface area contributed by atoms with Crippen LogP contribution < -0.4 is 4.74 Å². The van der Waals surface area contributed by atoms with Gasteiger partial charge in [-0.05, 0) is 12.5 Å². The zero-order chi connectivity index (χ0) is 14.5. The number of aromatic carboxylic acids is 1. The molecule has 0 fully saturated rings. The molecule has 0 amide bonds. The topological polar surface area (TPSA) is 59.4 Å². The first-order chi connectivity index (χ1) is 9.54. The van der Waals surface area contributed by atoms with Crippen molar-refractivity contribution in [2.75, 3.05) is 0 Å². The molecule has 0 unspecified atom stereocenters. The maximum absolute atomic E-state index is 10.9. The standard InChI is InChI=1S/C15H14ClNO3/c1-10(7-11-5-3-2-4-6-11)20-12-8-13(15(18)19)17-14(16)9-12/h2-6,8-10H,7H2,1H3,(H,18,19)/t10-/m0/s1. The number of hydrogen-bond donors (Lipinski definition) is 1. The van der Waals surface area contributed by atoms with E-state index < -0.39 is 5.97 Å². The van der Waals surface area contributed by atoms with Gasteiger partial charge in [-0.15, -0.1) is 0 Å². The molecule has 0 saturated carbocycles. The van der Waals surface area contributed by atoms with Gasteiger partial charge in [-0.2, -0.15) is 0 Å². The van der Waals surface area contributed by atoms with E-state index in [2.05, 4.69) is 4.98 Å². The molecule has 0 aliphatic carbocycles. The molecule has 1 N–H and O–H groups in total. The van der Waals surface area contributed by atoms with Gasteiger partial charge in [-0.1, -0.05) is 41.9 Å². The Morgan fingerprint density at radius 2 is 2.05 bits per heavy atom. The first-order valence-corrected chi connectivity index (χ1v) is 6.54. The van der Waals surface area contributed by atoms with Gasteiger partial charge in [0.1, 0.15) is 10.9 Å². The molecule has 20 heavy (non-hydrogen) atoms. The molecule has 2 rings (SSSR count). The summed E-state index contributed by atoms with van der Waals surface area (Å²) in [6.45, 7) is 1.92. The SMILES string of the molecule is C[C@@H](Cc1ccccc1)Oc1cc(Cl)nc(C(=O)O)c1. The Bertz CT molecular complexity index is 601. The van der Waals surface area contributed by atoms with Gasteiger partial charge in [0.25, 0.3) is 0 Å². The fourth-order valence-corrected chi connectivity index (χ4v) is 2.07. The van der Waals surface area contributed by atoms with E-state index in [1.165, 1.54) is 12.1 Å². The van der Waals surface area contributed by atoms with E-state index in [4.69, 9.17) is 21.4 Å². The first kappa shape index (κ1) is 14.3. The molecule has 0 aliphatic heterocycles. The predicted octanol–water partition coefficient (Wildman–Crippen LogP) is 3.44. The second-order valence-electron chi connectivity index (χ2n) is 4.43. The number of benzene rings is 1. The van der Waals surface area contributed by atoms with Crippen molar-refractivity contribution in [3.05, 3.63) is 58.9 Å². The van der Waals surface area contributed by atoms with Crippen molar-refractivity contribution in [2.45, 2.75) is 19.4 Å². The van der Waals surface area contributed by atoms with E-state index in [-0.39, 0.29) is 17.0 Å². The second-order valence-corrected chi connectivity index (χ2v) is 4.82. The third-order valence-corrected chi connectivity index (χ3v) is 2.88. The highest BCUT2D eigenvalue weighted by molar-refractivity contribution is 6.29. The summed E-state index contributed by atoms with van der Waals surface area (Å²) in [7, 11) is 0. The van der Waals surface area contributed by atoms with Crippen LogP contribution in [0.2, 0.25) is 5.15 Å². The average molecular weight is 292 g/mol. The molecule has 1 aromatic carbocycles. The van der Waals surface area contributed by atoms with Crippen molar-refractivity contribution >= 4 is 17.6 Å². The van der Waals surface area contributed by atoms with E-state index in [0.717, 1.165) is 12.0 Å². The average Bonchev–Trinajstić information content (AvgIpc) is 2.38. The number of halogens is 1. The number of nitrogens with zero attached hydrogens (tertiary/aromatic N) is 1. The summed E-state index contributed by atoms with van der Waals surface area (Å²) < 4.78 is 5.70. The fraction of sp³-hybridized carbons (Fsp3) is 0.200. The van der Waals surface area contributed by atoms with E-state index >= 15 is 0 Å². The van der Waals surface area contributed by atoms with Crippen LogP contribution in [0.3, 0.4) is 0 Å². The lowest BCUT2D eigenvalue weighted by atomic mass is 10.1. The summed E-state index contributed by atoms with van der Waals surface area (Å²) in [4.78, 5) is 14.6. The Morgan fingerprint density at radius 3 is 2.70 bits per heavy atom. The van der Waals surface area contributed by atoms with Crippen molar-refractivity contribution in [1.29, 1.82) is 0 Å². The van der Waals surface area contributed by atoms with Crippen LogP contribution in [0, 0.1) is 0 Å². The highest BCUT2D eigenvalue weighted by atomic mass is 35.5. The Labute approximate surface area is 122 Å². The Morgan fingerprint density at radius 1 is 1.35 bits per heavy atom. The molecule has 104 valence electrons. The van der Waals surface area contributed by atoms with Gasteiger partial charge in [0, 0.05) is 18.6 Å². The van der Waals surface area contributed by atoms with Gasteiger partial charge < -0.3 is 9.84 Å². The molecule has 0 saturated heterocycles. The highest BCUT2D eigenvalue weighted by Gasteiger charge is 2.11. The quantitative estimate of drug-likeness (QED) is 0.857. The maximum atomic E-state index is 10.9. The molecule has 0 aliphatic rings. The number of aromatic nitrogens is 1. The minimum absolute atomic E-state index is 0.0995. The van der Waals surface area contributed by atoms with Gasteiger partial charge in [-0.25, -0.2) is 9.78 Å². The molecule has 5 heteroatoms. The minimum atomic E-state index is -1.13. The van der Waals surface area contributed by atoms with Crippen LogP contribution in [-0.2, 0) is 6.42 Å². The normalized spacial score (nSPS) is 11.9. The largest absolute Gasteiger partial charge is 0.490 e. The smallest absolute Gasteiger partial charge is 0.354 e. The molecule has 0 bridgehead atoms. The van der Waals surface area contributed by atoms with Gasteiger partial charge in [-0.3, -0.25) is 0 Å². The number of rotatable bonds is 5. The van der Waals surface area contributed by atoms with E-state index in [9.17, 15) is 4.79 Å². The third-order valence-electron chi connectivity index (χ3n) is 2.69. The summed E-state index contributed by atoms with van der Waals surface area (Å²) in [5.74, 6) is -0.723. The molecule has 0 spiro atoms. The zero-order valence-corrected chi connectivity index (χ0v) is 11.7. The molecular weight excluding hydrogens is 278 g/mol. The van der Waals surface area contributed by atoms with E-state index in [0.29, 0.717) is 5.75 Å². The third kappa shape index (κ3) is 3.96. The number of ether oxygens (including phenoxy) is 1. The molecule has 1 heterocycles. The van der Waals surface area contributed by atoms with Gasteiger partial charge in [0.15, 0.2) is 5.69 Å². The van der Waals surface area contributed by atoms with Crippen LogP contribution in [0.4, 0.5) is 0 Å². The van der Waals surface area contributed by atoms with Crippen LogP contribution in [0.1, 0.15) is 23.0 Å². The van der Waals surface area contributed by atoms with Crippen molar-refractivity contribution in [3.63, 3.8) is 0 Å². The van der Waals surface area contributed by atoms with Gasteiger partial charge >= 0.3 is 5.97 Å². The van der Waals surface area contributed by atoms with Gasteiger partial charge in [0.05, 0.1) is 6.10 Å². The lowest BCUT2D eigenvalue weighted by Crippen LogP contribution is -2.15.